The van der Waals surface area contributed by atoms with Gasteiger partial charge in [-0.2, -0.15) is 0 Å². The van der Waals surface area contributed by atoms with Crippen molar-refractivity contribution >= 4 is 17.1 Å². The largest absolute Gasteiger partial charge is 0.388 e. The molecule has 1 fully saturated rings. The Morgan fingerprint density at radius 3 is 2.67 bits per heavy atom. The van der Waals surface area contributed by atoms with E-state index in [2.05, 4.69) is 29.4 Å². The van der Waals surface area contributed by atoms with Crippen molar-refractivity contribution in [3.05, 3.63) is 28.3 Å². The molecule has 116 valence electrons. The highest BCUT2D eigenvalue weighted by Crippen LogP contribution is 2.25. The Kier molecular flexibility index (Phi) is 5.01. The van der Waals surface area contributed by atoms with E-state index in [1.807, 2.05) is 6.07 Å². The molecule has 1 aromatic carbocycles. The van der Waals surface area contributed by atoms with Crippen molar-refractivity contribution in [3.63, 3.8) is 0 Å². The molecular formula is C15H24N4O2. The highest BCUT2D eigenvalue weighted by molar-refractivity contribution is 5.63. The Morgan fingerprint density at radius 2 is 2.10 bits per heavy atom. The zero-order chi connectivity index (χ0) is 15.4. The Morgan fingerprint density at radius 1 is 1.38 bits per heavy atom. The zero-order valence-corrected chi connectivity index (χ0v) is 12.9. The second-order valence-electron chi connectivity index (χ2n) is 5.90. The maximum atomic E-state index is 10.9. The van der Waals surface area contributed by atoms with Gasteiger partial charge < -0.3 is 15.5 Å². The quantitative estimate of drug-likeness (QED) is 0.623. The molecule has 2 rings (SSSR count). The van der Waals surface area contributed by atoms with Gasteiger partial charge in [0.25, 0.3) is 5.69 Å². The van der Waals surface area contributed by atoms with E-state index < -0.39 is 0 Å². The number of hydrogen-bond donors (Lipinski definition) is 2. The molecule has 0 amide bonds. The van der Waals surface area contributed by atoms with Crippen LogP contribution in [0.2, 0.25) is 0 Å². The average Bonchev–Trinajstić information content (AvgIpc) is 2.93. The molecule has 1 saturated heterocycles. The van der Waals surface area contributed by atoms with E-state index in [9.17, 15) is 10.1 Å². The van der Waals surface area contributed by atoms with Crippen molar-refractivity contribution in [2.24, 2.45) is 5.92 Å². The molecule has 1 aliphatic rings. The third kappa shape index (κ3) is 4.07. The summed E-state index contributed by atoms with van der Waals surface area (Å²) in [6, 6.07) is 5.63. The van der Waals surface area contributed by atoms with Gasteiger partial charge >= 0.3 is 0 Å². The van der Waals surface area contributed by atoms with Gasteiger partial charge in [0.2, 0.25) is 0 Å². The number of non-ortho nitro benzene ring substituents is 1. The number of likely N-dealkylation sites (tertiary alicyclic amines) is 1. The van der Waals surface area contributed by atoms with E-state index in [1.54, 1.807) is 19.2 Å². The van der Waals surface area contributed by atoms with Gasteiger partial charge in [-0.3, -0.25) is 10.1 Å². The molecule has 0 aromatic heterocycles. The molecular weight excluding hydrogens is 268 g/mol. The van der Waals surface area contributed by atoms with Gasteiger partial charge in [0, 0.05) is 49.7 Å². The lowest BCUT2D eigenvalue weighted by Gasteiger charge is -2.20. The number of nitro groups is 1. The highest BCUT2D eigenvalue weighted by atomic mass is 16.6. The molecule has 1 unspecified atom stereocenters. The summed E-state index contributed by atoms with van der Waals surface area (Å²) in [4.78, 5) is 13.1. The molecule has 0 saturated carbocycles. The smallest absolute Gasteiger partial charge is 0.273 e. The molecule has 21 heavy (non-hydrogen) atoms. The van der Waals surface area contributed by atoms with Crippen LogP contribution in [0.4, 0.5) is 17.1 Å². The van der Waals surface area contributed by atoms with Crippen LogP contribution in [0.3, 0.4) is 0 Å². The molecule has 0 spiro atoms. The van der Waals surface area contributed by atoms with Crippen LogP contribution in [0.15, 0.2) is 18.2 Å². The number of nitro benzene ring substituents is 1. The van der Waals surface area contributed by atoms with Gasteiger partial charge in [-0.1, -0.05) is 0 Å². The van der Waals surface area contributed by atoms with E-state index in [0.717, 1.165) is 31.0 Å². The SMILES string of the molecule is CNc1cc(NCC2CCN(C(C)C)C2)cc([N+](=O)[O-])c1. The average molecular weight is 292 g/mol. The molecule has 2 N–H and O–H groups in total. The minimum absolute atomic E-state index is 0.111. The second-order valence-corrected chi connectivity index (χ2v) is 5.90. The Balaban J connectivity index is 1.97. The van der Waals surface area contributed by atoms with E-state index in [-0.39, 0.29) is 10.6 Å². The van der Waals surface area contributed by atoms with E-state index in [4.69, 9.17) is 0 Å². The number of hydrogen-bond acceptors (Lipinski definition) is 5. The maximum Gasteiger partial charge on any atom is 0.273 e. The summed E-state index contributed by atoms with van der Waals surface area (Å²) in [5.74, 6) is 0.602. The number of nitrogens with zero attached hydrogens (tertiary/aromatic N) is 2. The normalized spacial score (nSPS) is 19.0. The third-order valence-electron chi connectivity index (χ3n) is 4.06. The number of nitrogens with one attached hydrogen (secondary N) is 2. The molecule has 6 heteroatoms. The molecule has 0 aliphatic carbocycles. The first-order chi connectivity index (χ1) is 9.99. The fourth-order valence-corrected chi connectivity index (χ4v) is 2.72. The molecule has 1 aromatic rings. The Bertz CT molecular complexity index is 504. The minimum Gasteiger partial charge on any atom is -0.388 e. The maximum absolute atomic E-state index is 10.9. The van der Waals surface area contributed by atoms with Gasteiger partial charge in [0.05, 0.1) is 4.92 Å². The fraction of sp³-hybridized carbons (Fsp3) is 0.600. The van der Waals surface area contributed by atoms with Crippen LogP contribution in [0.5, 0.6) is 0 Å². The van der Waals surface area contributed by atoms with Crippen molar-refractivity contribution in [2.75, 3.05) is 37.3 Å². The van der Waals surface area contributed by atoms with Crippen molar-refractivity contribution in [1.29, 1.82) is 0 Å². The minimum atomic E-state index is -0.359. The van der Waals surface area contributed by atoms with E-state index in [0.29, 0.717) is 12.0 Å². The zero-order valence-electron chi connectivity index (χ0n) is 12.9. The first-order valence-electron chi connectivity index (χ1n) is 7.44. The topological polar surface area (TPSA) is 70.4 Å². The van der Waals surface area contributed by atoms with E-state index in [1.165, 1.54) is 6.42 Å². The fourth-order valence-electron chi connectivity index (χ4n) is 2.72. The van der Waals surface area contributed by atoms with Gasteiger partial charge in [0.1, 0.15) is 0 Å². The third-order valence-corrected chi connectivity index (χ3v) is 4.06. The molecule has 0 bridgehead atoms. The first-order valence-corrected chi connectivity index (χ1v) is 7.44. The highest BCUT2D eigenvalue weighted by Gasteiger charge is 2.23. The van der Waals surface area contributed by atoms with Gasteiger partial charge in [0.15, 0.2) is 0 Å². The van der Waals surface area contributed by atoms with Crippen LogP contribution in [0, 0.1) is 16.0 Å². The summed E-state index contributed by atoms with van der Waals surface area (Å²) < 4.78 is 0. The van der Waals surface area contributed by atoms with Gasteiger partial charge in [-0.05, 0) is 38.8 Å². The molecule has 1 aliphatic heterocycles. The van der Waals surface area contributed by atoms with Crippen LogP contribution in [0.1, 0.15) is 20.3 Å². The monoisotopic (exact) mass is 292 g/mol. The number of anilines is 2. The Labute approximate surface area is 125 Å². The Hall–Kier alpha value is -1.82. The van der Waals surface area contributed by atoms with E-state index >= 15 is 0 Å². The second kappa shape index (κ2) is 6.76. The van der Waals surface area contributed by atoms with Crippen LogP contribution in [-0.4, -0.2) is 42.5 Å². The summed E-state index contributed by atoms with van der Waals surface area (Å²) in [6.45, 7) is 7.53. The lowest BCUT2D eigenvalue weighted by molar-refractivity contribution is -0.384. The first kappa shape index (κ1) is 15.6. The molecule has 1 heterocycles. The van der Waals surface area contributed by atoms with Crippen LogP contribution in [0.25, 0.3) is 0 Å². The molecule has 6 nitrogen and oxygen atoms in total. The summed E-state index contributed by atoms with van der Waals surface area (Å²) in [7, 11) is 1.76. The van der Waals surface area contributed by atoms with Gasteiger partial charge in [-0.25, -0.2) is 0 Å². The van der Waals surface area contributed by atoms with Crippen molar-refractivity contribution in [2.45, 2.75) is 26.3 Å². The summed E-state index contributed by atoms with van der Waals surface area (Å²) in [5.41, 5.74) is 1.66. The standard InChI is InChI=1S/C15H24N4O2/c1-11(2)18-5-4-12(10-18)9-17-14-6-13(16-3)7-15(8-14)19(20)21/h6-8,11-12,16-17H,4-5,9-10H2,1-3H3. The predicted octanol–water partition coefficient (Wildman–Crippen LogP) is 2.78. The number of rotatable bonds is 6. The van der Waals surface area contributed by atoms with Gasteiger partial charge in [-0.15, -0.1) is 0 Å². The summed E-state index contributed by atoms with van der Waals surface area (Å²) in [5, 5.41) is 17.2. The van der Waals surface area contributed by atoms with Crippen molar-refractivity contribution < 1.29 is 4.92 Å². The summed E-state index contributed by atoms with van der Waals surface area (Å²) in [6.07, 6.45) is 1.18. The van der Waals surface area contributed by atoms with Crippen LogP contribution >= 0.6 is 0 Å². The van der Waals surface area contributed by atoms with Crippen LogP contribution in [-0.2, 0) is 0 Å². The van der Waals surface area contributed by atoms with Crippen molar-refractivity contribution in [1.82, 2.24) is 4.90 Å². The summed E-state index contributed by atoms with van der Waals surface area (Å²) >= 11 is 0. The molecule has 1 atom stereocenters. The molecule has 0 radical (unpaired) electrons. The lowest BCUT2D eigenvalue weighted by Crippen LogP contribution is -2.29. The predicted molar refractivity (Wildman–Crippen MR) is 85.9 cm³/mol. The van der Waals surface area contributed by atoms with Crippen molar-refractivity contribution in [3.8, 4) is 0 Å². The lowest BCUT2D eigenvalue weighted by atomic mass is 10.1. The van der Waals surface area contributed by atoms with Crippen LogP contribution < -0.4 is 10.6 Å². The number of benzene rings is 1.